The van der Waals surface area contributed by atoms with Crippen molar-refractivity contribution >= 4 is 41.6 Å². The minimum atomic E-state index is 0.909. The lowest BCUT2D eigenvalue weighted by atomic mass is 10.2. The number of hydrogen-bond donors (Lipinski definition) is 0. The third kappa shape index (κ3) is 5.27. The first-order chi connectivity index (χ1) is 9.38. The molecule has 0 fully saturated rings. The van der Waals surface area contributed by atoms with Crippen LogP contribution >= 0.6 is 36.1 Å². The fourth-order valence-electron chi connectivity index (χ4n) is 1.50. The molecule has 4 heteroatoms. The zero-order valence-corrected chi connectivity index (χ0v) is 12.8. The highest BCUT2D eigenvalue weighted by Crippen LogP contribution is 2.26. The Hall–Kier alpha value is -0.970. The van der Waals surface area contributed by atoms with Crippen molar-refractivity contribution in [1.29, 1.82) is 0 Å². The number of hydrogen-bond acceptors (Lipinski definition) is 3. The van der Waals surface area contributed by atoms with Gasteiger partial charge in [0.2, 0.25) is 0 Å². The predicted molar refractivity (Wildman–Crippen MR) is 89.9 cm³/mol. The molecule has 1 radical (unpaired) electrons. The molecule has 19 heavy (non-hydrogen) atoms. The Balaban J connectivity index is 1.79. The highest BCUT2D eigenvalue weighted by molar-refractivity contribution is 8.12. The minimum absolute atomic E-state index is 0.909. The average Bonchev–Trinajstić information content (AvgIpc) is 2.49. The number of nitrogens with zero attached hydrogens (tertiary/aromatic N) is 1. The van der Waals surface area contributed by atoms with E-state index in [4.69, 9.17) is 12.2 Å². The summed E-state index contributed by atoms with van der Waals surface area (Å²) in [7, 11) is 0. The Bertz CT molecular complexity index is 444. The van der Waals surface area contributed by atoms with E-state index in [1.165, 1.54) is 11.1 Å². The van der Waals surface area contributed by atoms with Crippen molar-refractivity contribution in [2.45, 2.75) is 11.5 Å². The van der Waals surface area contributed by atoms with E-state index < -0.39 is 0 Å². The predicted octanol–water partition coefficient (Wildman–Crippen LogP) is 4.82. The molecule has 2 aromatic carbocycles. The van der Waals surface area contributed by atoms with Crippen molar-refractivity contribution in [3.63, 3.8) is 0 Å². The largest absolute Gasteiger partial charge is 0.244 e. The van der Waals surface area contributed by atoms with E-state index in [1.54, 1.807) is 23.9 Å². The molecule has 0 atom stereocenters. The molecule has 0 N–H and O–H groups in total. The lowest BCUT2D eigenvalue weighted by molar-refractivity contribution is 1.17. The molecular weight excluding hydrogens is 290 g/mol. The fraction of sp³-hybridized carbons (Fsp3) is 0.133. The minimum Gasteiger partial charge on any atom is -0.244 e. The van der Waals surface area contributed by atoms with E-state index in [0.29, 0.717) is 0 Å². The van der Waals surface area contributed by atoms with Crippen LogP contribution in [0, 0.1) is 0 Å². The second-order valence-electron chi connectivity index (χ2n) is 3.87. The van der Waals surface area contributed by atoms with Crippen molar-refractivity contribution in [2.75, 3.05) is 0 Å². The van der Waals surface area contributed by atoms with Gasteiger partial charge < -0.3 is 0 Å². The molecule has 0 bridgehead atoms. The number of thiocarbonyl (C=S) groups is 1. The zero-order valence-electron chi connectivity index (χ0n) is 10.4. The molecule has 0 aliphatic carbocycles. The highest BCUT2D eigenvalue weighted by atomic mass is 32.2. The summed E-state index contributed by atoms with van der Waals surface area (Å²) in [6.45, 7) is 0. The molecule has 97 valence electrons. The molecule has 0 aliphatic rings. The van der Waals surface area contributed by atoms with Gasteiger partial charge in [-0.15, -0.1) is 0 Å². The SMILES string of the molecule is S=[C]N(SCc1ccccc1)SCc1ccccc1. The summed E-state index contributed by atoms with van der Waals surface area (Å²) in [5.74, 6) is 1.82. The van der Waals surface area contributed by atoms with Gasteiger partial charge in [0.15, 0.2) is 5.49 Å². The van der Waals surface area contributed by atoms with Crippen LogP contribution in [0.1, 0.15) is 11.1 Å². The number of benzene rings is 2. The first-order valence-electron chi connectivity index (χ1n) is 5.90. The van der Waals surface area contributed by atoms with Crippen molar-refractivity contribution in [3.8, 4) is 0 Å². The van der Waals surface area contributed by atoms with Gasteiger partial charge in [-0.1, -0.05) is 72.9 Å². The summed E-state index contributed by atoms with van der Waals surface area (Å²) in [5, 5.41) is 0. The lowest BCUT2D eigenvalue weighted by Crippen LogP contribution is -2.02. The quantitative estimate of drug-likeness (QED) is 0.409. The van der Waals surface area contributed by atoms with Crippen LogP contribution in [0.4, 0.5) is 0 Å². The standard InChI is InChI=1S/C15H14NS3/c17-13-16(18-11-14-7-3-1-4-8-14)19-12-15-9-5-2-6-10-15/h1-10H,11-12H2. The van der Waals surface area contributed by atoms with Gasteiger partial charge in [-0.3, -0.25) is 0 Å². The van der Waals surface area contributed by atoms with Crippen LogP contribution in [0.5, 0.6) is 0 Å². The summed E-state index contributed by atoms with van der Waals surface area (Å²) < 4.78 is 1.93. The molecule has 0 aromatic heterocycles. The van der Waals surface area contributed by atoms with Gasteiger partial charge in [-0.05, 0) is 35.0 Å². The maximum absolute atomic E-state index is 4.94. The maximum atomic E-state index is 4.94. The molecule has 0 spiro atoms. The molecule has 1 nitrogen and oxygen atoms in total. The first-order valence-corrected chi connectivity index (χ1v) is 8.19. The topological polar surface area (TPSA) is 3.24 Å². The van der Waals surface area contributed by atoms with Gasteiger partial charge in [-0.25, -0.2) is 3.71 Å². The smallest absolute Gasteiger partial charge is 0.158 e. The van der Waals surface area contributed by atoms with E-state index in [1.807, 2.05) is 15.8 Å². The van der Waals surface area contributed by atoms with Crippen LogP contribution in [0.25, 0.3) is 0 Å². The lowest BCUT2D eigenvalue weighted by Gasteiger charge is -2.15. The zero-order chi connectivity index (χ0) is 13.3. The van der Waals surface area contributed by atoms with Crippen molar-refractivity contribution < 1.29 is 0 Å². The number of rotatable bonds is 7. The van der Waals surface area contributed by atoms with Crippen LogP contribution < -0.4 is 0 Å². The highest BCUT2D eigenvalue weighted by Gasteiger charge is 2.04. The summed E-state index contributed by atoms with van der Waals surface area (Å²) in [6.07, 6.45) is 0. The Morgan fingerprint density at radius 3 is 1.58 bits per heavy atom. The van der Waals surface area contributed by atoms with Crippen molar-refractivity contribution in [3.05, 3.63) is 71.8 Å². The second kappa shape index (κ2) is 8.25. The Labute approximate surface area is 128 Å². The monoisotopic (exact) mass is 304 g/mol. The van der Waals surface area contributed by atoms with Crippen LogP contribution in [0.15, 0.2) is 60.7 Å². The summed E-state index contributed by atoms with van der Waals surface area (Å²) in [4.78, 5) is 0. The molecule has 0 amide bonds. The van der Waals surface area contributed by atoms with Gasteiger partial charge in [0, 0.05) is 11.5 Å². The van der Waals surface area contributed by atoms with Crippen LogP contribution in [-0.2, 0) is 11.5 Å². The molecule has 0 aliphatic heterocycles. The summed E-state index contributed by atoms with van der Waals surface area (Å²) in [5.41, 5.74) is 5.37. The Morgan fingerprint density at radius 1 is 0.789 bits per heavy atom. The normalized spacial score (nSPS) is 10.1. The van der Waals surface area contributed by atoms with Gasteiger partial charge >= 0.3 is 0 Å². The molecular formula is C15H14NS3. The third-order valence-corrected chi connectivity index (χ3v) is 5.08. The summed E-state index contributed by atoms with van der Waals surface area (Å²) in [6, 6.07) is 20.8. The summed E-state index contributed by atoms with van der Waals surface area (Å²) >= 11 is 8.29. The fourth-order valence-corrected chi connectivity index (χ4v) is 3.46. The van der Waals surface area contributed by atoms with E-state index in [2.05, 4.69) is 54.0 Å². The first kappa shape index (κ1) is 14.4. The van der Waals surface area contributed by atoms with Gasteiger partial charge in [0.05, 0.1) is 0 Å². The molecule has 0 heterocycles. The average molecular weight is 304 g/mol. The van der Waals surface area contributed by atoms with Gasteiger partial charge in [0.1, 0.15) is 0 Å². The van der Waals surface area contributed by atoms with E-state index in [-0.39, 0.29) is 0 Å². The molecule has 0 unspecified atom stereocenters. The third-order valence-electron chi connectivity index (χ3n) is 2.46. The van der Waals surface area contributed by atoms with Crippen LogP contribution in [-0.4, -0.2) is 9.20 Å². The van der Waals surface area contributed by atoms with Gasteiger partial charge in [0.25, 0.3) is 0 Å². The van der Waals surface area contributed by atoms with E-state index in [0.717, 1.165) is 11.5 Å². The van der Waals surface area contributed by atoms with Crippen molar-refractivity contribution in [2.24, 2.45) is 0 Å². The molecule has 2 aromatic rings. The van der Waals surface area contributed by atoms with Gasteiger partial charge in [-0.2, -0.15) is 0 Å². The van der Waals surface area contributed by atoms with E-state index in [9.17, 15) is 0 Å². The Morgan fingerprint density at radius 2 is 1.21 bits per heavy atom. The second-order valence-corrected chi connectivity index (χ2v) is 6.10. The Kier molecular flexibility index (Phi) is 6.27. The molecule has 0 saturated carbocycles. The molecule has 0 saturated heterocycles. The van der Waals surface area contributed by atoms with E-state index >= 15 is 0 Å². The van der Waals surface area contributed by atoms with Crippen LogP contribution in [0.3, 0.4) is 0 Å². The maximum Gasteiger partial charge on any atom is 0.158 e. The molecule has 2 rings (SSSR count). The van der Waals surface area contributed by atoms with Crippen LogP contribution in [0.2, 0.25) is 0 Å². The van der Waals surface area contributed by atoms with Crippen molar-refractivity contribution in [1.82, 2.24) is 3.71 Å².